The molecule has 3 rings (SSSR count). The summed E-state index contributed by atoms with van der Waals surface area (Å²) in [5.41, 5.74) is 2.13. The molecule has 0 bridgehead atoms. The zero-order chi connectivity index (χ0) is 12.2. The Morgan fingerprint density at radius 1 is 1.17 bits per heavy atom. The van der Waals surface area contributed by atoms with Crippen LogP contribution in [0.3, 0.4) is 0 Å². The summed E-state index contributed by atoms with van der Waals surface area (Å²) in [4.78, 5) is 12.1. The van der Waals surface area contributed by atoms with Gasteiger partial charge in [-0.15, -0.1) is 0 Å². The van der Waals surface area contributed by atoms with Gasteiger partial charge in [0.15, 0.2) is 0 Å². The van der Waals surface area contributed by atoms with Crippen molar-refractivity contribution in [3.63, 3.8) is 0 Å². The van der Waals surface area contributed by atoms with Gasteiger partial charge >= 0.3 is 0 Å². The molecule has 2 aromatic rings. The van der Waals surface area contributed by atoms with Crippen LogP contribution >= 0.6 is 0 Å². The maximum absolute atomic E-state index is 4.51. The molecule has 1 fully saturated rings. The van der Waals surface area contributed by atoms with Crippen molar-refractivity contribution in [3.8, 4) is 11.3 Å². The normalized spacial score (nSPS) is 20.6. The molecule has 2 N–H and O–H groups in total. The number of hydrogen-bond acceptors (Lipinski definition) is 3. The van der Waals surface area contributed by atoms with E-state index in [4.69, 9.17) is 0 Å². The van der Waals surface area contributed by atoms with Crippen molar-refractivity contribution >= 4 is 0 Å². The molecule has 0 saturated carbocycles. The predicted molar refractivity (Wildman–Crippen MR) is 71.0 cm³/mol. The van der Waals surface area contributed by atoms with Crippen molar-refractivity contribution in [2.45, 2.75) is 31.7 Å². The number of rotatable bonds is 2. The first-order chi connectivity index (χ1) is 8.93. The fraction of sp³-hybridized carbons (Fsp3) is 0.429. The van der Waals surface area contributed by atoms with Crippen LogP contribution in [0.2, 0.25) is 0 Å². The van der Waals surface area contributed by atoms with E-state index < -0.39 is 0 Å². The minimum absolute atomic E-state index is 0.373. The number of hydrogen-bond donors (Lipinski definition) is 2. The summed E-state index contributed by atoms with van der Waals surface area (Å²) < 4.78 is 0. The van der Waals surface area contributed by atoms with Gasteiger partial charge in [0.25, 0.3) is 0 Å². The lowest BCUT2D eigenvalue weighted by molar-refractivity contribution is 0.512. The van der Waals surface area contributed by atoms with Gasteiger partial charge in [-0.05, 0) is 31.5 Å². The first-order valence-electron chi connectivity index (χ1n) is 6.62. The number of imidazole rings is 1. The van der Waals surface area contributed by atoms with Crippen LogP contribution in [0.1, 0.15) is 37.5 Å². The second-order valence-electron chi connectivity index (χ2n) is 4.78. The summed E-state index contributed by atoms with van der Waals surface area (Å²) in [6.07, 6.45) is 10.6. The first-order valence-corrected chi connectivity index (χ1v) is 6.62. The third-order valence-corrected chi connectivity index (χ3v) is 3.46. The summed E-state index contributed by atoms with van der Waals surface area (Å²) >= 11 is 0. The Morgan fingerprint density at radius 3 is 3.06 bits per heavy atom. The van der Waals surface area contributed by atoms with E-state index in [9.17, 15) is 0 Å². The number of nitrogens with zero attached hydrogens (tertiary/aromatic N) is 2. The highest BCUT2D eigenvalue weighted by molar-refractivity contribution is 5.56. The number of pyridine rings is 1. The highest BCUT2D eigenvalue weighted by Gasteiger charge is 2.16. The topological polar surface area (TPSA) is 53.6 Å². The van der Waals surface area contributed by atoms with E-state index in [-0.39, 0.29) is 0 Å². The van der Waals surface area contributed by atoms with Crippen LogP contribution in [0.15, 0.2) is 30.7 Å². The fourth-order valence-corrected chi connectivity index (χ4v) is 2.44. The van der Waals surface area contributed by atoms with Crippen LogP contribution in [0.25, 0.3) is 11.3 Å². The Bertz CT molecular complexity index is 484. The van der Waals surface area contributed by atoms with E-state index in [1.54, 1.807) is 6.20 Å². The molecule has 0 radical (unpaired) electrons. The maximum atomic E-state index is 4.51. The minimum Gasteiger partial charge on any atom is -0.341 e. The quantitative estimate of drug-likeness (QED) is 0.851. The largest absolute Gasteiger partial charge is 0.341 e. The van der Waals surface area contributed by atoms with E-state index in [0.29, 0.717) is 6.04 Å². The van der Waals surface area contributed by atoms with Crippen molar-refractivity contribution in [2.24, 2.45) is 0 Å². The number of nitrogens with one attached hydrogen (secondary N) is 2. The number of aromatic nitrogens is 3. The molecule has 1 unspecified atom stereocenters. The summed E-state index contributed by atoms with van der Waals surface area (Å²) in [6, 6.07) is 4.36. The van der Waals surface area contributed by atoms with Gasteiger partial charge in [-0.1, -0.05) is 12.8 Å². The van der Waals surface area contributed by atoms with Crippen LogP contribution in [0, 0.1) is 0 Å². The summed E-state index contributed by atoms with van der Waals surface area (Å²) in [6.45, 7) is 1.09. The van der Waals surface area contributed by atoms with Crippen molar-refractivity contribution < 1.29 is 0 Å². The first kappa shape index (κ1) is 11.4. The molecule has 2 aromatic heterocycles. The van der Waals surface area contributed by atoms with Crippen molar-refractivity contribution in [3.05, 3.63) is 36.5 Å². The molecule has 1 saturated heterocycles. The third kappa shape index (κ3) is 2.43. The fourth-order valence-electron chi connectivity index (χ4n) is 2.44. The Labute approximate surface area is 107 Å². The Morgan fingerprint density at radius 2 is 2.17 bits per heavy atom. The number of aromatic amines is 1. The standard InChI is InChI=1S/C14H18N4/c1-2-6-12(16-8-3-1)14-17-10-13(18-14)11-5-4-7-15-9-11/h4-5,7,9-10,12,16H,1-3,6,8H2,(H,17,18). The predicted octanol–water partition coefficient (Wildman–Crippen LogP) is 2.68. The molecule has 0 aliphatic carbocycles. The molecule has 1 aliphatic heterocycles. The Balaban J connectivity index is 1.80. The molecule has 18 heavy (non-hydrogen) atoms. The van der Waals surface area contributed by atoms with Crippen molar-refractivity contribution in [1.82, 2.24) is 20.3 Å². The second-order valence-corrected chi connectivity index (χ2v) is 4.78. The molecule has 0 aromatic carbocycles. The van der Waals surface area contributed by atoms with Crippen LogP contribution in [-0.2, 0) is 0 Å². The van der Waals surface area contributed by atoms with Crippen molar-refractivity contribution in [2.75, 3.05) is 6.54 Å². The van der Waals surface area contributed by atoms with Gasteiger partial charge in [0.1, 0.15) is 5.82 Å². The van der Waals surface area contributed by atoms with E-state index in [0.717, 1.165) is 23.6 Å². The van der Waals surface area contributed by atoms with Gasteiger partial charge in [-0.3, -0.25) is 4.98 Å². The smallest absolute Gasteiger partial charge is 0.123 e. The summed E-state index contributed by atoms with van der Waals surface area (Å²) in [5.74, 6) is 1.05. The summed E-state index contributed by atoms with van der Waals surface area (Å²) in [5, 5.41) is 3.55. The lowest BCUT2D eigenvalue weighted by Gasteiger charge is -2.12. The number of H-pyrrole nitrogens is 1. The molecule has 94 valence electrons. The molecule has 0 amide bonds. The van der Waals surface area contributed by atoms with Crippen LogP contribution in [-0.4, -0.2) is 21.5 Å². The minimum atomic E-state index is 0.373. The lowest BCUT2D eigenvalue weighted by Crippen LogP contribution is -2.21. The van der Waals surface area contributed by atoms with Gasteiger partial charge in [-0.25, -0.2) is 4.98 Å². The highest BCUT2D eigenvalue weighted by Crippen LogP contribution is 2.23. The Kier molecular flexibility index (Phi) is 3.37. The molecular weight excluding hydrogens is 224 g/mol. The SMILES string of the molecule is c1cncc(-c2cnc(C3CCCCCN3)[nH]2)c1. The van der Waals surface area contributed by atoms with E-state index in [2.05, 4.69) is 20.3 Å². The molecular formula is C14H18N4. The molecule has 1 aliphatic rings. The molecule has 1 atom stereocenters. The zero-order valence-corrected chi connectivity index (χ0v) is 10.4. The maximum Gasteiger partial charge on any atom is 0.123 e. The van der Waals surface area contributed by atoms with Crippen LogP contribution in [0.5, 0.6) is 0 Å². The van der Waals surface area contributed by atoms with E-state index >= 15 is 0 Å². The zero-order valence-electron chi connectivity index (χ0n) is 10.4. The third-order valence-electron chi connectivity index (χ3n) is 3.46. The molecule has 4 nitrogen and oxygen atoms in total. The lowest BCUT2D eigenvalue weighted by atomic mass is 10.1. The second kappa shape index (κ2) is 5.31. The van der Waals surface area contributed by atoms with Gasteiger partial charge in [0.2, 0.25) is 0 Å². The highest BCUT2D eigenvalue weighted by atomic mass is 15.0. The van der Waals surface area contributed by atoms with Gasteiger partial charge in [-0.2, -0.15) is 0 Å². The van der Waals surface area contributed by atoms with Crippen LogP contribution in [0.4, 0.5) is 0 Å². The average Bonchev–Trinajstić information content (AvgIpc) is 2.76. The molecule has 0 spiro atoms. The average molecular weight is 242 g/mol. The van der Waals surface area contributed by atoms with Crippen LogP contribution < -0.4 is 5.32 Å². The molecule has 4 heteroatoms. The van der Waals surface area contributed by atoms with Gasteiger partial charge in [0.05, 0.1) is 17.9 Å². The van der Waals surface area contributed by atoms with Crippen molar-refractivity contribution in [1.29, 1.82) is 0 Å². The summed E-state index contributed by atoms with van der Waals surface area (Å²) in [7, 11) is 0. The van der Waals surface area contributed by atoms with E-state index in [1.807, 2.05) is 24.5 Å². The monoisotopic (exact) mass is 242 g/mol. The van der Waals surface area contributed by atoms with Gasteiger partial charge < -0.3 is 10.3 Å². The van der Waals surface area contributed by atoms with Gasteiger partial charge in [0, 0.05) is 18.0 Å². The molecule has 3 heterocycles. The van der Waals surface area contributed by atoms with E-state index in [1.165, 1.54) is 25.7 Å². The Hall–Kier alpha value is -1.68.